The first-order valence-corrected chi connectivity index (χ1v) is 12.4. The van der Waals surface area contributed by atoms with E-state index in [2.05, 4.69) is 40.9 Å². The van der Waals surface area contributed by atoms with Gasteiger partial charge in [-0.15, -0.1) is 6.58 Å². The van der Waals surface area contributed by atoms with Crippen LogP contribution in [-0.4, -0.2) is 80.3 Å². The number of nitrogens with zero attached hydrogens (tertiary/aromatic N) is 2. The Morgan fingerprint density at radius 3 is 2.26 bits per heavy atom. The van der Waals surface area contributed by atoms with E-state index in [4.69, 9.17) is 29.9 Å². The normalized spacial score (nSPS) is 12.6. The molecule has 1 aliphatic rings. The minimum atomic E-state index is -2.74. The van der Waals surface area contributed by atoms with Gasteiger partial charge in [0.2, 0.25) is 0 Å². The molecule has 12 nitrogen and oxygen atoms in total. The first kappa shape index (κ1) is 31.3. The molecule has 0 bridgehead atoms. The fourth-order valence-electron chi connectivity index (χ4n) is 4.52. The molecule has 0 radical (unpaired) electrons. The molecule has 3 rings (SSSR count). The molecule has 1 aliphatic carbocycles. The molecular formula is C27H37N3O9. The summed E-state index contributed by atoms with van der Waals surface area (Å²) >= 11 is 0. The quantitative estimate of drug-likeness (QED) is 0.232. The number of nitrogens with one attached hydrogen (secondary N) is 1. The van der Waals surface area contributed by atoms with Gasteiger partial charge in [-0.3, -0.25) is 19.6 Å². The van der Waals surface area contributed by atoms with Crippen LogP contribution in [0.5, 0.6) is 11.5 Å². The first-order valence-electron chi connectivity index (χ1n) is 12.4. The molecule has 2 aromatic rings. The van der Waals surface area contributed by atoms with Crippen molar-refractivity contribution in [1.29, 1.82) is 0 Å². The number of methoxy groups -OCH3 is 2. The van der Waals surface area contributed by atoms with E-state index < -0.39 is 36.4 Å². The molecule has 0 fully saturated rings. The number of H-pyrrole nitrogens is 1. The Kier molecular flexibility index (Phi) is 11.5. The number of benzene rings is 1. The SMILES string of the molecule is C=CCc1cc(CN(C)Cc2n[nH]c3c2CCCC3)cc(OC)c1OC.O=C(O)CC(O)(CC(=O)O)C(=O)O. The summed E-state index contributed by atoms with van der Waals surface area (Å²) in [4.78, 5) is 32.8. The van der Waals surface area contributed by atoms with Gasteiger partial charge >= 0.3 is 17.9 Å². The van der Waals surface area contributed by atoms with Gasteiger partial charge < -0.3 is 29.9 Å². The summed E-state index contributed by atoms with van der Waals surface area (Å²) in [6.45, 7) is 5.52. The molecule has 1 aromatic heterocycles. The Morgan fingerprint density at radius 1 is 1.08 bits per heavy atom. The van der Waals surface area contributed by atoms with Gasteiger partial charge in [-0.25, -0.2) is 4.79 Å². The third-order valence-electron chi connectivity index (χ3n) is 6.28. The Bertz CT molecular complexity index is 1160. The summed E-state index contributed by atoms with van der Waals surface area (Å²) in [5.74, 6) is -3.46. The van der Waals surface area contributed by atoms with Crippen LogP contribution < -0.4 is 9.47 Å². The zero-order valence-electron chi connectivity index (χ0n) is 22.5. The van der Waals surface area contributed by atoms with Gasteiger partial charge in [0.25, 0.3) is 0 Å². The lowest BCUT2D eigenvalue weighted by Crippen LogP contribution is -2.42. The molecule has 12 heteroatoms. The number of aryl methyl sites for hydroxylation is 1. The minimum Gasteiger partial charge on any atom is -0.493 e. The van der Waals surface area contributed by atoms with Crippen LogP contribution in [0.15, 0.2) is 24.8 Å². The van der Waals surface area contributed by atoms with E-state index >= 15 is 0 Å². The number of aromatic amines is 1. The third kappa shape index (κ3) is 8.82. The monoisotopic (exact) mass is 547 g/mol. The minimum absolute atomic E-state index is 0.754. The molecule has 0 unspecified atom stereocenters. The number of aromatic nitrogens is 2. The van der Waals surface area contributed by atoms with Crippen molar-refractivity contribution in [2.24, 2.45) is 0 Å². The predicted octanol–water partition coefficient (Wildman–Crippen LogP) is 2.42. The van der Waals surface area contributed by atoms with Crippen LogP contribution in [-0.2, 0) is 46.7 Å². The lowest BCUT2D eigenvalue weighted by Gasteiger charge is -2.20. The highest BCUT2D eigenvalue weighted by Crippen LogP contribution is 2.33. The lowest BCUT2D eigenvalue weighted by atomic mass is 9.96. The number of carboxylic acids is 3. The Morgan fingerprint density at radius 2 is 1.72 bits per heavy atom. The van der Waals surface area contributed by atoms with Crippen LogP contribution in [0, 0.1) is 0 Å². The predicted molar refractivity (Wildman–Crippen MR) is 141 cm³/mol. The summed E-state index contributed by atoms with van der Waals surface area (Å²) in [5.41, 5.74) is 3.52. The van der Waals surface area contributed by atoms with Gasteiger partial charge in [0.1, 0.15) is 0 Å². The second-order valence-electron chi connectivity index (χ2n) is 9.47. The fourth-order valence-corrected chi connectivity index (χ4v) is 4.52. The first-order chi connectivity index (χ1) is 18.4. The molecule has 1 heterocycles. The van der Waals surface area contributed by atoms with Crippen molar-refractivity contribution in [2.75, 3.05) is 21.3 Å². The molecule has 0 amide bonds. The zero-order chi connectivity index (χ0) is 29.2. The maximum atomic E-state index is 10.3. The van der Waals surface area contributed by atoms with E-state index in [0.717, 1.165) is 49.4 Å². The highest BCUT2D eigenvalue weighted by Gasteiger charge is 2.40. The lowest BCUT2D eigenvalue weighted by molar-refractivity contribution is -0.170. The summed E-state index contributed by atoms with van der Waals surface area (Å²) in [6.07, 6.45) is 5.17. The second-order valence-corrected chi connectivity index (χ2v) is 9.47. The molecule has 1 aromatic carbocycles. The van der Waals surface area contributed by atoms with E-state index in [1.807, 2.05) is 6.08 Å². The van der Waals surface area contributed by atoms with E-state index in [1.165, 1.54) is 35.4 Å². The molecule has 214 valence electrons. The number of aliphatic hydroxyl groups is 1. The zero-order valence-corrected chi connectivity index (χ0v) is 22.5. The van der Waals surface area contributed by atoms with Gasteiger partial charge in [0, 0.05) is 24.3 Å². The number of fused-ring (bicyclic) bond motifs is 1. The molecule has 0 spiro atoms. The van der Waals surface area contributed by atoms with Crippen molar-refractivity contribution in [3.63, 3.8) is 0 Å². The van der Waals surface area contributed by atoms with Gasteiger partial charge in [-0.05, 0) is 56.3 Å². The summed E-state index contributed by atoms with van der Waals surface area (Å²) in [6, 6.07) is 4.24. The van der Waals surface area contributed by atoms with Crippen molar-refractivity contribution >= 4 is 17.9 Å². The largest absolute Gasteiger partial charge is 0.493 e. The van der Waals surface area contributed by atoms with Gasteiger partial charge in [0.15, 0.2) is 17.1 Å². The Balaban J connectivity index is 0.000000349. The second kappa shape index (κ2) is 14.3. The molecule has 0 atom stereocenters. The van der Waals surface area contributed by atoms with E-state index in [-0.39, 0.29) is 0 Å². The Labute approximate surface area is 226 Å². The number of hydrogen-bond donors (Lipinski definition) is 5. The average molecular weight is 548 g/mol. The standard InChI is InChI=1S/C21H29N3O2.C6H8O7/c1-5-8-16-11-15(12-20(25-3)21(16)26-4)13-24(2)14-19-17-9-6-7-10-18(17)22-23-19;7-3(8)1-6(13,5(11)12)2-4(9)10/h5,11-12H,1,6-10,13-14H2,2-4H3,(H,22,23);13H,1-2H2,(H,7,8)(H,9,10)(H,11,12). The number of hydrogen-bond acceptors (Lipinski definition) is 8. The van der Waals surface area contributed by atoms with Gasteiger partial charge in [0.05, 0.1) is 32.8 Å². The van der Waals surface area contributed by atoms with Crippen molar-refractivity contribution in [1.82, 2.24) is 15.1 Å². The highest BCUT2D eigenvalue weighted by atomic mass is 16.5. The van der Waals surface area contributed by atoms with Crippen LogP contribution in [0.2, 0.25) is 0 Å². The van der Waals surface area contributed by atoms with Crippen molar-refractivity contribution < 1.29 is 44.3 Å². The smallest absolute Gasteiger partial charge is 0.336 e. The molecule has 0 aliphatic heterocycles. The number of ether oxygens (including phenoxy) is 2. The number of allylic oxidation sites excluding steroid dienone is 1. The molecule has 5 N–H and O–H groups in total. The Hall–Kier alpha value is -3.90. The van der Waals surface area contributed by atoms with Gasteiger partial charge in [-0.1, -0.05) is 12.1 Å². The van der Waals surface area contributed by atoms with Crippen LogP contribution in [0.1, 0.15) is 53.8 Å². The van der Waals surface area contributed by atoms with E-state index in [1.54, 1.807) is 14.2 Å². The summed E-state index contributed by atoms with van der Waals surface area (Å²) in [5, 5.41) is 41.6. The van der Waals surface area contributed by atoms with Crippen molar-refractivity contribution in [3.8, 4) is 11.5 Å². The molecular weight excluding hydrogens is 510 g/mol. The van der Waals surface area contributed by atoms with Crippen LogP contribution >= 0.6 is 0 Å². The van der Waals surface area contributed by atoms with Crippen molar-refractivity contribution in [2.45, 2.75) is 63.6 Å². The molecule has 0 saturated heterocycles. The number of aliphatic carboxylic acids is 3. The maximum absolute atomic E-state index is 10.3. The summed E-state index contributed by atoms with van der Waals surface area (Å²) < 4.78 is 11.1. The number of carboxylic acid groups (broad SMARTS) is 3. The van der Waals surface area contributed by atoms with Gasteiger partial charge in [-0.2, -0.15) is 5.10 Å². The third-order valence-corrected chi connectivity index (χ3v) is 6.28. The van der Waals surface area contributed by atoms with Crippen LogP contribution in [0.4, 0.5) is 0 Å². The number of rotatable bonds is 13. The molecule has 0 saturated carbocycles. The number of carbonyl (C=O) groups is 3. The molecule has 39 heavy (non-hydrogen) atoms. The highest BCUT2D eigenvalue weighted by molar-refractivity contribution is 5.88. The van der Waals surface area contributed by atoms with Crippen molar-refractivity contribution in [3.05, 3.63) is 52.9 Å². The maximum Gasteiger partial charge on any atom is 0.336 e. The summed E-state index contributed by atoms with van der Waals surface area (Å²) in [7, 11) is 5.49. The van der Waals surface area contributed by atoms with Crippen LogP contribution in [0.3, 0.4) is 0 Å². The average Bonchev–Trinajstić information content (AvgIpc) is 3.26. The van der Waals surface area contributed by atoms with Crippen LogP contribution in [0.25, 0.3) is 0 Å². The topological polar surface area (TPSA) is 183 Å². The van der Waals surface area contributed by atoms with E-state index in [0.29, 0.717) is 0 Å². The fraction of sp³-hybridized carbons (Fsp3) is 0.481. The van der Waals surface area contributed by atoms with E-state index in [9.17, 15) is 14.4 Å².